The van der Waals surface area contributed by atoms with E-state index in [4.69, 9.17) is 4.74 Å². The summed E-state index contributed by atoms with van der Waals surface area (Å²) in [4.78, 5) is 0. The van der Waals surface area contributed by atoms with Crippen molar-refractivity contribution in [3.8, 4) is 0 Å². The molecule has 1 aliphatic carbocycles. The third-order valence-electron chi connectivity index (χ3n) is 3.08. The largest absolute Gasteiger partial charge is 0.390 e. The molecule has 64 valence electrons. The topological polar surface area (TPSA) is 32.8 Å². The second kappa shape index (κ2) is 2.46. The lowest BCUT2D eigenvalue weighted by molar-refractivity contribution is 0.0644. The van der Waals surface area contributed by atoms with E-state index in [1.165, 1.54) is 12.8 Å². The Balaban J connectivity index is 2.01. The number of ether oxygens (including phenoxy) is 1. The molecule has 2 rings (SSSR count). The lowest BCUT2D eigenvalue weighted by Gasteiger charge is -2.21. The van der Waals surface area contributed by atoms with Gasteiger partial charge >= 0.3 is 0 Å². The molecule has 2 nitrogen and oxygen atoms in total. The Morgan fingerprint density at radius 1 is 1.64 bits per heavy atom. The van der Waals surface area contributed by atoms with Gasteiger partial charge in [0.25, 0.3) is 0 Å². The molecule has 1 unspecified atom stereocenters. The normalized spacial score (nSPS) is 44.7. The van der Waals surface area contributed by atoms with Crippen molar-refractivity contribution in [3.63, 3.8) is 0 Å². The Kier molecular flexibility index (Phi) is 1.69. The number of hydrogen-bond acceptors (Lipinski definition) is 2. The van der Waals surface area contributed by atoms with Crippen molar-refractivity contribution in [2.24, 2.45) is 0 Å². The maximum atomic E-state index is 9.66. The summed E-state index contributed by atoms with van der Waals surface area (Å²) in [6.45, 7) is 2.02. The minimum atomic E-state index is -0.215. The molecule has 1 heterocycles. The highest BCUT2D eigenvalue weighted by Crippen LogP contribution is 2.50. The first-order chi connectivity index (χ1) is 5.29. The Labute approximate surface area is 67.6 Å². The van der Waals surface area contributed by atoms with Crippen LogP contribution < -0.4 is 0 Å². The molecule has 3 atom stereocenters. The van der Waals surface area contributed by atoms with E-state index in [1.807, 2.05) is 6.92 Å². The molecule has 2 aliphatic rings. The van der Waals surface area contributed by atoms with Gasteiger partial charge in [0.2, 0.25) is 0 Å². The van der Waals surface area contributed by atoms with Crippen LogP contribution in [-0.4, -0.2) is 22.9 Å². The van der Waals surface area contributed by atoms with Crippen LogP contribution in [0.2, 0.25) is 0 Å². The van der Waals surface area contributed by atoms with E-state index in [0.29, 0.717) is 6.10 Å². The molecule has 0 radical (unpaired) electrons. The molecule has 1 saturated carbocycles. The fraction of sp³-hybridized carbons (Fsp3) is 1.00. The SMILES string of the molecule is CC[C@H](O)[C@@]12CCCCC1O2. The predicted octanol–water partition coefficient (Wildman–Crippen LogP) is 1.47. The summed E-state index contributed by atoms with van der Waals surface area (Å²) in [6.07, 6.45) is 5.76. The average molecular weight is 156 g/mol. The Morgan fingerprint density at radius 3 is 3.09 bits per heavy atom. The highest BCUT2D eigenvalue weighted by Gasteiger charge is 2.60. The van der Waals surface area contributed by atoms with Gasteiger partial charge in [-0.15, -0.1) is 0 Å². The molecule has 1 saturated heterocycles. The first-order valence-electron chi connectivity index (χ1n) is 4.65. The second-order valence-electron chi connectivity index (χ2n) is 3.73. The summed E-state index contributed by atoms with van der Waals surface area (Å²) in [6, 6.07) is 0. The summed E-state index contributed by atoms with van der Waals surface area (Å²) >= 11 is 0. The van der Waals surface area contributed by atoms with Crippen molar-refractivity contribution in [1.82, 2.24) is 0 Å². The van der Waals surface area contributed by atoms with Crippen LogP contribution in [0, 0.1) is 0 Å². The van der Waals surface area contributed by atoms with Crippen LogP contribution in [0.25, 0.3) is 0 Å². The lowest BCUT2D eigenvalue weighted by Crippen LogP contribution is -2.33. The van der Waals surface area contributed by atoms with E-state index in [2.05, 4.69) is 0 Å². The van der Waals surface area contributed by atoms with Crippen molar-refractivity contribution < 1.29 is 9.84 Å². The summed E-state index contributed by atoms with van der Waals surface area (Å²) in [5, 5.41) is 9.66. The third-order valence-corrected chi connectivity index (χ3v) is 3.08. The van der Waals surface area contributed by atoms with Gasteiger partial charge in [-0.2, -0.15) is 0 Å². The molecule has 0 amide bonds. The number of epoxide rings is 1. The molecular weight excluding hydrogens is 140 g/mol. The Hall–Kier alpha value is -0.0800. The van der Waals surface area contributed by atoms with Crippen molar-refractivity contribution in [3.05, 3.63) is 0 Å². The first kappa shape index (κ1) is 7.56. The maximum absolute atomic E-state index is 9.66. The molecule has 2 fully saturated rings. The van der Waals surface area contributed by atoms with Crippen LogP contribution in [0.5, 0.6) is 0 Å². The zero-order valence-electron chi connectivity index (χ0n) is 7.05. The van der Waals surface area contributed by atoms with Crippen LogP contribution >= 0.6 is 0 Å². The quantitative estimate of drug-likeness (QED) is 0.614. The van der Waals surface area contributed by atoms with Gasteiger partial charge in [0.15, 0.2) is 0 Å². The van der Waals surface area contributed by atoms with E-state index >= 15 is 0 Å². The predicted molar refractivity (Wildman–Crippen MR) is 42.4 cm³/mol. The van der Waals surface area contributed by atoms with Gasteiger partial charge in [-0.3, -0.25) is 0 Å². The van der Waals surface area contributed by atoms with E-state index in [-0.39, 0.29) is 11.7 Å². The zero-order valence-corrected chi connectivity index (χ0v) is 7.05. The van der Waals surface area contributed by atoms with Gasteiger partial charge in [-0.25, -0.2) is 0 Å². The monoisotopic (exact) mass is 156 g/mol. The van der Waals surface area contributed by atoms with Crippen molar-refractivity contribution in [2.45, 2.75) is 56.8 Å². The molecule has 1 N–H and O–H groups in total. The maximum Gasteiger partial charge on any atom is 0.120 e. The Bertz CT molecular complexity index is 158. The molecular formula is C9H16O2. The van der Waals surface area contributed by atoms with E-state index in [1.54, 1.807) is 0 Å². The number of rotatable bonds is 2. The van der Waals surface area contributed by atoms with Crippen molar-refractivity contribution in [2.75, 3.05) is 0 Å². The minimum absolute atomic E-state index is 0.0903. The number of aliphatic hydroxyl groups is 1. The molecule has 0 aromatic heterocycles. The van der Waals surface area contributed by atoms with Gasteiger partial charge < -0.3 is 9.84 Å². The average Bonchev–Trinajstić information content (AvgIpc) is 2.78. The number of fused-ring (bicyclic) bond motifs is 1. The lowest BCUT2D eigenvalue weighted by atomic mass is 9.84. The molecule has 1 aliphatic heterocycles. The third kappa shape index (κ3) is 1.00. The summed E-state index contributed by atoms with van der Waals surface area (Å²) in [7, 11) is 0. The second-order valence-corrected chi connectivity index (χ2v) is 3.73. The van der Waals surface area contributed by atoms with Gasteiger partial charge in [0.1, 0.15) is 5.60 Å². The van der Waals surface area contributed by atoms with Crippen LogP contribution in [0.4, 0.5) is 0 Å². The fourth-order valence-electron chi connectivity index (χ4n) is 2.29. The summed E-state index contributed by atoms with van der Waals surface area (Å²) < 4.78 is 5.57. The van der Waals surface area contributed by atoms with Crippen LogP contribution in [-0.2, 0) is 4.74 Å². The zero-order chi connectivity index (χ0) is 7.90. The summed E-state index contributed by atoms with van der Waals surface area (Å²) in [5.74, 6) is 0. The van der Waals surface area contributed by atoms with Gasteiger partial charge in [0, 0.05) is 0 Å². The Morgan fingerprint density at radius 2 is 2.45 bits per heavy atom. The standard InChI is InChI=1S/C9H16O2/c1-2-7(10)9-6-4-3-5-8(9)11-9/h7-8,10H,2-6H2,1H3/t7-,8?,9-/m0/s1. The van der Waals surface area contributed by atoms with Crippen LogP contribution in [0.1, 0.15) is 39.0 Å². The molecule has 11 heavy (non-hydrogen) atoms. The molecule has 0 aromatic rings. The molecule has 2 heteroatoms. The van der Waals surface area contributed by atoms with Gasteiger partial charge in [0.05, 0.1) is 12.2 Å². The minimum Gasteiger partial charge on any atom is -0.390 e. The van der Waals surface area contributed by atoms with Gasteiger partial charge in [-0.05, 0) is 19.3 Å². The molecule has 0 bridgehead atoms. The highest BCUT2D eigenvalue weighted by atomic mass is 16.6. The van der Waals surface area contributed by atoms with Crippen LogP contribution in [0.3, 0.4) is 0 Å². The van der Waals surface area contributed by atoms with Crippen molar-refractivity contribution >= 4 is 0 Å². The summed E-state index contributed by atoms with van der Waals surface area (Å²) in [5.41, 5.74) is -0.0903. The number of hydrogen-bond donors (Lipinski definition) is 1. The molecule has 0 aromatic carbocycles. The van der Waals surface area contributed by atoms with E-state index in [0.717, 1.165) is 19.3 Å². The first-order valence-corrected chi connectivity index (χ1v) is 4.65. The van der Waals surface area contributed by atoms with Gasteiger partial charge in [-0.1, -0.05) is 19.8 Å². The van der Waals surface area contributed by atoms with E-state index < -0.39 is 0 Å². The van der Waals surface area contributed by atoms with E-state index in [9.17, 15) is 5.11 Å². The van der Waals surface area contributed by atoms with Crippen molar-refractivity contribution in [1.29, 1.82) is 0 Å². The highest BCUT2D eigenvalue weighted by molar-refractivity contribution is 5.09. The number of aliphatic hydroxyl groups excluding tert-OH is 1. The fourth-order valence-corrected chi connectivity index (χ4v) is 2.29. The van der Waals surface area contributed by atoms with Crippen LogP contribution in [0.15, 0.2) is 0 Å². The smallest absolute Gasteiger partial charge is 0.120 e. The molecule has 0 spiro atoms.